The minimum Gasteiger partial charge on any atom is -0.327 e. The maximum atomic E-state index is 11.4. The smallest absolute Gasteiger partial charge is 0.251 e. The maximum Gasteiger partial charge on any atom is 0.251 e. The first-order valence-corrected chi connectivity index (χ1v) is 7.53. The Morgan fingerprint density at radius 2 is 2.06 bits per heavy atom. The Bertz CT molecular complexity index is 446. The molecule has 1 aromatic rings. The summed E-state index contributed by atoms with van der Waals surface area (Å²) in [5.74, 6) is 0. The average molecular weight is 267 g/mol. The summed E-state index contributed by atoms with van der Waals surface area (Å²) in [6.07, 6.45) is 7.22. The van der Waals surface area contributed by atoms with Crippen molar-refractivity contribution >= 4 is 11.8 Å². The SMILES string of the molecule is Cc1cc(=O)[nH]c(SC2CCCCCCC2N)n1. The molecule has 1 saturated carbocycles. The molecule has 0 amide bonds. The molecule has 0 bridgehead atoms. The van der Waals surface area contributed by atoms with E-state index in [1.165, 1.54) is 31.7 Å². The highest BCUT2D eigenvalue weighted by atomic mass is 32.2. The van der Waals surface area contributed by atoms with Gasteiger partial charge in [0.25, 0.3) is 5.56 Å². The second kappa shape index (κ2) is 6.38. The molecular weight excluding hydrogens is 246 g/mol. The lowest BCUT2D eigenvalue weighted by Crippen LogP contribution is -2.33. The second-order valence-corrected chi connectivity index (χ2v) is 6.23. The highest BCUT2D eigenvalue weighted by molar-refractivity contribution is 7.99. The zero-order valence-electron chi connectivity index (χ0n) is 10.8. The van der Waals surface area contributed by atoms with Crippen LogP contribution in [0.1, 0.15) is 44.2 Å². The van der Waals surface area contributed by atoms with Crippen molar-refractivity contribution in [2.24, 2.45) is 5.73 Å². The van der Waals surface area contributed by atoms with E-state index in [1.54, 1.807) is 11.8 Å². The zero-order chi connectivity index (χ0) is 13.0. The third-order valence-corrected chi connectivity index (χ3v) is 4.67. The fraction of sp³-hybridized carbons (Fsp3) is 0.692. The van der Waals surface area contributed by atoms with E-state index in [-0.39, 0.29) is 11.6 Å². The van der Waals surface area contributed by atoms with Crippen molar-refractivity contribution < 1.29 is 0 Å². The van der Waals surface area contributed by atoms with E-state index >= 15 is 0 Å². The van der Waals surface area contributed by atoms with Crippen molar-refractivity contribution in [3.8, 4) is 0 Å². The van der Waals surface area contributed by atoms with Crippen LogP contribution in [-0.2, 0) is 0 Å². The summed E-state index contributed by atoms with van der Waals surface area (Å²) < 4.78 is 0. The van der Waals surface area contributed by atoms with Gasteiger partial charge in [0.05, 0.1) is 0 Å². The monoisotopic (exact) mass is 267 g/mol. The number of aromatic nitrogens is 2. The molecule has 18 heavy (non-hydrogen) atoms. The highest BCUT2D eigenvalue weighted by Crippen LogP contribution is 2.29. The second-order valence-electron chi connectivity index (χ2n) is 5.00. The Balaban J connectivity index is 2.07. The Labute approximate surface area is 112 Å². The topological polar surface area (TPSA) is 71.8 Å². The summed E-state index contributed by atoms with van der Waals surface area (Å²) in [5.41, 5.74) is 6.92. The van der Waals surface area contributed by atoms with Gasteiger partial charge >= 0.3 is 0 Å². The van der Waals surface area contributed by atoms with Crippen LogP contribution in [0.3, 0.4) is 0 Å². The van der Waals surface area contributed by atoms with Crippen LogP contribution in [0.25, 0.3) is 0 Å². The predicted octanol–water partition coefficient (Wildman–Crippen LogP) is 2.22. The molecule has 1 aliphatic carbocycles. The first-order chi connectivity index (χ1) is 8.65. The van der Waals surface area contributed by atoms with E-state index in [1.807, 2.05) is 6.92 Å². The molecule has 0 saturated heterocycles. The number of aryl methyl sites for hydroxylation is 1. The van der Waals surface area contributed by atoms with Crippen LogP contribution in [0.4, 0.5) is 0 Å². The summed E-state index contributed by atoms with van der Waals surface area (Å²) in [6.45, 7) is 1.84. The number of nitrogens with zero attached hydrogens (tertiary/aromatic N) is 1. The Kier molecular flexibility index (Phi) is 4.83. The molecule has 5 heteroatoms. The van der Waals surface area contributed by atoms with Crippen LogP contribution in [0, 0.1) is 6.92 Å². The number of H-pyrrole nitrogens is 1. The van der Waals surface area contributed by atoms with Gasteiger partial charge in [-0.3, -0.25) is 4.79 Å². The Morgan fingerprint density at radius 1 is 1.33 bits per heavy atom. The number of nitrogens with two attached hydrogens (primary N) is 1. The number of aromatic amines is 1. The highest BCUT2D eigenvalue weighted by Gasteiger charge is 2.21. The van der Waals surface area contributed by atoms with Crippen molar-refractivity contribution in [2.45, 2.75) is 61.9 Å². The molecule has 0 aliphatic heterocycles. The third-order valence-electron chi connectivity index (χ3n) is 3.36. The molecule has 0 spiro atoms. The fourth-order valence-electron chi connectivity index (χ4n) is 2.38. The van der Waals surface area contributed by atoms with E-state index in [9.17, 15) is 4.79 Å². The minimum absolute atomic E-state index is 0.0792. The zero-order valence-corrected chi connectivity index (χ0v) is 11.6. The molecule has 1 aliphatic rings. The third kappa shape index (κ3) is 3.85. The van der Waals surface area contributed by atoms with Crippen LogP contribution in [0.15, 0.2) is 16.0 Å². The Hall–Kier alpha value is -0.810. The van der Waals surface area contributed by atoms with Crippen LogP contribution in [0.2, 0.25) is 0 Å². The molecule has 0 radical (unpaired) electrons. The molecule has 3 N–H and O–H groups in total. The number of rotatable bonds is 2. The van der Waals surface area contributed by atoms with Crippen LogP contribution < -0.4 is 11.3 Å². The largest absolute Gasteiger partial charge is 0.327 e. The van der Waals surface area contributed by atoms with Crippen LogP contribution in [0.5, 0.6) is 0 Å². The Morgan fingerprint density at radius 3 is 2.78 bits per heavy atom. The van der Waals surface area contributed by atoms with Gasteiger partial charge in [-0.2, -0.15) is 0 Å². The van der Waals surface area contributed by atoms with Crippen LogP contribution >= 0.6 is 11.8 Å². The van der Waals surface area contributed by atoms with Crippen molar-refractivity contribution in [1.82, 2.24) is 9.97 Å². The molecule has 1 aromatic heterocycles. The van der Waals surface area contributed by atoms with E-state index < -0.39 is 0 Å². The average Bonchev–Trinajstić information content (AvgIpc) is 2.28. The van der Waals surface area contributed by atoms with Gasteiger partial charge in [0.15, 0.2) is 5.16 Å². The first-order valence-electron chi connectivity index (χ1n) is 6.65. The summed E-state index contributed by atoms with van der Waals surface area (Å²) >= 11 is 1.63. The summed E-state index contributed by atoms with van der Waals surface area (Å²) in [4.78, 5) is 18.6. The van der Waals surface area contributed by atoms with E-state index in [0.29, 0.717) is 10.4 Å². The minimum atomic E-state index is -0.0792. The van der Waals surface area contributed by atoms with E-state index in [2.05, 4.69) is 9.97 Å². The normalized spacial score (nSPS) is 25.4. The fourth-order valence-corrected chi connectivity index (χ4v) is 3.61. The predicted molar refractivity (Wildman–Crippen MR) is 74.9 cm³/mol. The molecule has 1 heterocycles. The molecule has 2 unspecified atom stereocenters. The van der Waals surface area contributed by atoms with Gasteiger partial charge in [0, 0.05) is 23.1 Å². The molecule has 4 nitrogen and oxygen atoms in total. The first kappa shape index (κ1) is 13.6. The quantitative estimate of drug-likeness (QED) is 0.806. The number of thioether (sulfide) groups is 1. The van der Waals surface area contributed by atoms with Crippen molar-refractivity contribution in [2.75, 3.05) is 0 Å². The number of hydrogen-bond acceptors (Lipinski definition) is 4. The van der Waals surface area contributed by atoms with Gasteiger partial charge in [0.1, 0.15) is 0 Å². The lowest BCUT2D eigenvalue weighted by molar-refractivity contribution is 0.463. The molecule has 2 rings (SSSR count). The van der Waals surface area contributed by atoms with Gasteiger partial charge in [-0.1, -0.05) is 37.4 Å². The van der Waals surface area contributed by atoms with E-state index in [0.717, 1.165) is 18.5 Å². The molecular formula is C13H21N3OS. The van der Waals surface area contributed by atoms with Crippen LogP contribution in [-0.4, -0.2) is 21.3 Å². The lowest BCUT2D eigenvalue weighted by atomic mass is 9.97. The van der Waals surface area contributed by atoms with Gasteiger partial charge in [-0.15, -0.1) is 0 Å². The molecule has 100 valence electrons. The maximum absolute atomic E-state index is 11.4. The van der Waals surface area contributed by atoms with Gasteiger partial charge in [0.2, 0.25) is 0 Å². The van der Waals surface area contributed by atoms with Gasteiger partial charge in [-0.05, 0) is 19.8 Å². The summed E-state index contributed by atoms with van der Waals surface area (Å²) in [5, 5.41) is 1.08. The lowest BCUT2D eigenvalue weighted by Gasteiger charge is -2.25. The van der Waals surface area contributed by atoms with Crippen molar-refractivity contribution in [3.05, 3.63) is 22.1 Å². The van der Waals surface area contributed by atoms with Gasteiger partial charge < -0.3 is 10.7 Å². The van der Waals surface area contributed by atoms with E-state index in [4.69, 9.17) is 5.73 Å². The molecule has 1 fully saturated rings. The standard InChI is InChI=1S/C13H21N3OS/c1-9-8-12(17)16-13(15-9)18-11-7-5-3-2-4-6-10(11)14/h8,10-11H,2-7,14H2,1H3,(H,15,16,17). The molecule has 2 atom stereocenters. The summed E-state index contributed by atoms with van der Waals surface area (Å²) in [7, 11) is 0. The van der Waals surface area contributed by atoms with Crippen molar-refractivity contribution in [1.29, 1.82) is 0 Å². The van der Waals surface area contributed by atoms with Gasteiger partial charge in [-0.25, -0.2) is 4.98 Å². The number of hydrogen-bond donors (Lipinski definition) is 2. The molecule has 0 aromatic carbocycles. The summed E-state index contributed by atoms with van der Waals surface area (Å²) in [6, 6.07) is 1.73. The number of nitrogens with one attached hydrogen (secondary N) is 1. The van der Waals surface area contributed by atoms with Crippen molar-refractivity contribution in [3.63, 3.8) is 0 Å².